The molecule has 2 atom stereocenters. The van der Waals surface area contributed by atoms with Gasteiger partial charge in [-0.3, -0.25) is 14.5 Å². The molecule has 0 bridgehead atoms. The summed E-state index contributed by atoms with van der Waals surface area (Å²) < 4.78 is 10.4. The van der Waals surface area contributed by atoms with Gasteiger partial charge in [-0.2, -0.15) is 0 Å². The molecule has 0 unspecified atom stereocenters. The number of likely N-dealkylation sites (tertiary alicyclic amines) is 1. The maximum absolute atomic E-state index is 12.5. The molecule has 2 rings (SSSR count). The minimum Gasteiger partial charge on any atom is -0.480 e. The predicted octanol–water partition coefficient (Wildman–Crippen LogP) is 1.73. The number of nitrogens with two attached hydrogens (primary N) is 1. The van der Waals surface area contributed by atoms with E-state index in [1.165, 1.54) is 0 Å². The van der Waals surface area contributed by atoms with E-state index < -0.39 is 35.2 Å². The summed E-state index contributed by atoms with van der Waals surface area (Å²) in [5.74, 6) is -2.37. The van der Waals surface area contributed by atoms with E-state index in [4.69, 9.17) is 15.2 Å². The summed E-state index contributed by atoms with van der Waals surface area (Å²) in [6.07, 6.45) is -2.29. The number of esters is 1. The van der Waals surface area contributed by atoms with Crippen molar-refractivity contribution >= 4 is 18.0 Å². The first-order valence-electron chi connectivity index (χ1n) is 8.27. The minimum absolute atomic E-state index is 0.0136. The average molecular weight is 364 g/mol. The number of carbonyl (C=O) groups excluding carboxylic acids is 2. The third-order valence-electron chi connectivity index (χ3n) is 4.17. The van der Waals surface area contributed by atoms with Gasteiger partial charge >= 0.3 is 18.0 Å². The van der Waals surface area contributed by atoms with Gasteiger partial charge < -0.3 is 20.3 Å². The molecule has 1 amide bonds. The number of rotatable bonds is 4. The summed E-state index contributed by atoms with van der Waals surface area (Å²) in [4.78, 5) is 37.8. The Morgan fingerprint density at radius 3 is 2.42 bits per heavy atom. The van der Waals surface area contributed by atoms with E-state index in [1.54, 1.807) is 32.9 Å². The highest BCUT2D eigenvalue weighted by atomic mass is 16.6. The van der Waals surface area contributed by atoms with E-state index in [1.807, 2.05) is 18.2 Å². The monoisotopic (exact) mass is 364 g/mol. The van der Waals surface area contributed by atoms with Crippen LogP contribution in [0.2, 0.25) is 0 Å². The van der Waals surface area contributed by atoms with Crippen molar-refractivity contribution in [2.75, 3.05) is 6.54 Å². The van der Waals surface area contributed by atoms with Crippen LogP contribution in [0.25, 0.3) is 0 Å². The Balaban J connectivity index is 2.12. The van der Waals surface area contributed by atoms with Gasteiger partial charge in [-0.25, -0.2) is 4.79 Å². The Bertz CT molecular complexity index is 685. The van der Waals surface area contributed by atoms with Gasteiger partial charge in [0, 0.05) is 6.54 Å². The predicted molar refractivity (Wildman–Crippen MR) is 91.8 cm³/mol. The third kappa shape index (κ3) is 3.96. The Labute approximate surface area is 151 Å². The topological polar surface area (TPSA) is 119 Å². The summed E-state index contributed by atoms with van der Waals surface area (Å²) >= 11 is 0. The zero-order chi connectivity index (χ0) is 19.5. The second-order valence-corrected chi connectivity index (χ2v) is 7.21. The first-order chi connectivity index (χ1) is 12.1. The molecule has 1 aromatic rings. The van der Waals surface area contributed by atoms with Crippen LogP contribution in [0.1, 0.15) is 32.8 Å². The molecule has 8 nitrogen and oxygen atoms in total. The molecule has 0 saturated carbocycles. The van der Waals surface area contributed by atoms with Gasteiger partial charge in [0.1, 0.15) is 18.4 Å². The van der Waals surface area contributed by atoms with E-state index in [0.29, 0.717) is 0 Å². The molecule has 1 heterocycles. The van der Waals surface area contributed by atoms with Crippen molar-refractivity contribution in [2.45, 2.75) is 45.6 Å². The smallest absolute Gasteiger partial charge is 0.411 e. The van der Waals surface area contributed by atoms with Gasteiger partial charge in [0.25, 0.3) is 0 Å². The van der Waals surface area contributed by atoms with Gasteiger partial charge in [0.05, 0.1) is 0 Å². The lowest BCUT2D eigenvalue weighted by Gasteiger charge is -2.32. The number of aliphatic carboxylic acids is 1. The molecule has 1 saturated heterocycles. The average Bonchev–Trinajstić information content (AvgIpc) is 2.90. The normalized spacial score (nSPS) is 22.8. The summed E-state index contributed by atoms with van der Waals surface area (Å²) in [5, 5.41) is 9.65. The number of benzene rings is 1. The van der Waals surface area contributed by atoms with Gasteiger partial charge in [0.15, 0.2) is 5.41 Å². The Hall–Kier alpha value is -2.61. The Kier molecular flexibility index (Phi) is 5.56. The van der Waals surface area contributed by atoms with Crippen LogP contribution in [0.4, 0.5) is 4.79 Å². The van der Waals surface area contributed by atoms with Crippen molar-refractivity contribution in [1.82, 2.24) is 4.90 Å². The number of nitrogens with zero attached hydrogens (tertiary/aromatic N) is 1. The maximum Gasteiger partial charge on any atom is 0.411 e. The fourth-order valence-electron chi connectivity index (χ4n) is 2.77. The van der Waals surface area contributed by atoms with Gasteiger partial charge in [-0.15, -0.1) is 0 Å². The first-order valence-corrected chi connectivity index (χ1v) is 8.27. The highest BCUT2D eigenvalue weighted by Gasteiger charge is 2.60. The van der Waals surface area contributed by atoms with Crippen molar-refractivity contribution in [3.05, 3.63) is 35.9 Å². The minimum atomic E-state index is -2.01. The van der Waals surface area contributed by atoms with Crippen molar-refractivity contribution < 1.29 is 29.0 Å². The van der Waals surface area contributed by atoms with E-state index in [-0.39, 0.29) is 19.6 Å². The standard InChI is InChI=1S/C18H24N2O6/c1-17(2,3)26-15(23)18(14(21)22)9-10-20(13(18)19)16(24)25-11-12-7-5-4-6-8-12/h4-8,13H,9-11,19H2,1-3H3,(H,21,22)/t13-,18-/m1/s1. The largest absolute Gasteiger partial charge is 0.480 e. The quantitative estimate of drug-likeness (QED) is 0.617. The molecule has 1 aliphatic heterocycles. The van der Waals surface area contributed by atoms with E-state index in [9.17, 15) is 19.5 Å². The van der Waals surface area contributed by atoms with Crippen LogP contribution < -0.4 is 5.73 Å². The van der Waals surface area contributed by atoms with Gasteiger partial charge in [0.2, 0.25) is 0 Å². The lowest BCUT2D eigenvalue weighted by atomic mass is 9.84. The molecular weight excluding hydrogens is 340 g/mol. The van der Waals surface area contributed by atoms with Crippen molar-refractivity contribution in [3.63, 3.8) is 0 Å². The van der Waals surface area contributed by atoms with Crippen LogP contribution in [-0.4, -0.2) is 46.3 Å². The molecular formula is C18H24N2O6. The molecule has 0 aliphatic carbocycles. The highest BCUT2D eigenvalue weighted by molar-refractivity contribution is 6.01. The van der Waals surface area contributed by atoms with E-state index in [2.05, 4.69) is 0 Å². The zero-order valence-electron chi connectivity index (χ0n) is 15.1. The number of carboxylic acids is 1. The highest BCUT2D eigenvalue weighted by Crippen LogP contribution is 2.37. The second-order valence-electron chi connectivity index (χ2n) is 7.21. The van der Waals surface area contributed by atoms with E-state index >= 15 is 0 Å². The molecule has 3 N–H and O–H groups in total. The molecule has 0 aromatic heterocycles. The van der Waals surface area contributed by atoms with Gasteiger partial charge in [-0.05, 0) is 32.8 Å². The number of ether oxygens (including phenoxy) is 2. The molecule has 142 valence electrons. The van der Waals surface area contributed by atoms with Crippen molar-refractivity contribution in [1.29, 1.82) is 0 Å². The summed E-state index contributed by atoms with van der Waals surface area (Å²) in [7, 11) is 0. The summed E-state index contributed by atoms with van der Waals surface area (Å²) in [6.45, 7) is 4.90. The number of carbonyl (C=O) groups is 3. The summed E-state index contributed by atoms with van der Waals surface area (Å²) in [5.41, 5.74) is 3.89. The van der Waals surface area contributed by atoms with Crippen LogP contribution in [-0.2, 0) is 25.7 Å². The lowest BCUT2D eigenvalue weighted by Crippen LogP contribution is -2.57. The number of hydrogen-bond donors (Lipinski definition) is 2. The fourth-order valence-corrected chi connectivity index (χ4v) is 2.77. The van der Waals surface area contributed by atoms with Crippen LogP contribution in [0.15, 0.2) is 30.3 Å². The van der Waals surface area contributed by atoms with E-state index in [0.717, 1.165) is 10.5 Å². The molecule has 1 fully saturated rings. The number of hydrogen-bond acceptors (Lipinski definition) is 6. The Morgan fingerprint density at radius 1 is 1.27 bits per heavy atom. The number of carboxylic acid groups (broad SMARTS) is 1. The van der Waals surface area contributed by atoms with Crippen molar-refractivity contribution in [2.24, 2.45) is 11.1 Å². The Morgan fingerprint density at radius 2 is 1.88 bits per heavy atom. The maximum atomic E-state index is 12.5. The van der Waals surface area contributed by atoms with Crippen LogP contribution in [0.3, 0.4) is 0 Å². The number of amides is 1. The van der Waals surface area contributed by atoms with Crippen LogP contribution >= 0.6 is 0 Å². The molecule has 0 spiro atoms. The molecule has 0 radical (unpaired) electrons. The lowest BCUT2D eigenvalue weighted by molar-refractivity contribution is -0.178. The SMILES string of the molecule is CC(C)(C)OC(=O)[C@]1(C(=O)O)CCN(C(=O)OCc2ccccc2)[C@H]1N. The molecule has 26 heavy (non-hydrogen) atoms. The third-order valence-corrected chi connectivity index (χ3v) is 4.17. The van der Waals surface area contributed by atoms with Gasteiger partial charge in [-0.1, -0.05) is 30.3 Å². The molecule has 8 heteroatoms. The fraction of sp³-hybridized carbons (Fsp3) is 0.500. The van der Waals surface area contributed by atoms with Crippen LogP contribution in [0.5, 0.6) is 0 Å². The second kappa shape index (κ2) is 7.33. The summed E-state index contributed by atoms with van der Waals surface area (Å²) in [6, 6.07) is 9.04. The van der Waals surface area contributed by atoms with Crippen LogP contribution in [0, 0.1) is 5.41 Å². The zero-order valence-corrected chi connectivity index (χ0v) is 15.1. The molecule has 1 aromatic carbocycles. The van der Waals surface area contributed by atoms with Crippen molar-refractivity contribution in [3.8, 4) is 0 Å². The molecule has 1 aliphatic rings. The first kappa shape index (κ1) is 19.7.